The van der Waals surface area contributed by atoms with Gasteiger partial charge in [-0.25, -0.2) is 4.39 Å². The Morgan fingerprint density at radius 1 is 1.12 bits per heavy atom. The number of nitrogens with one attached hydrogen (secondary N) is 1. The van der Waals surface area contributed by atoms with Crippen molar-refractivity contribution in [2.75, 3.05) is 12.4 Å². The minimum absolute atomic E-state index is 0.318. The third-order valence-corrected chi connectivity index (χ3v) is 4.18. The Morgan fingerprint density at radius 2 is 1.84 bits per heavy atom. The van der Waals surface area contributed by atoms with Gasteiger partial charge in [-0.15, -0.1) is 10.2 Å². The first-order valence-corrected chi connectivity index (χ1v) is 8.18. The molecular formula is C18H14FN3O2S. The van der Waals surface area contributed by atoms with Gasteiger partial charge in [0, 0.05) is 11.6 Å². The van der Waals surface area contributed by atoms with Gasteiger partial charge >= 0.3 is 0 Å². The molecule has 0 saturated heterocycles. The molecule has 7 heteroatoms. The molecule has 5 nitrogen and oxygen atoms in total. The Balaban J connectivity index is 1.64. The molecule has 126 valence electrons. The van der Waals surface area contributed by atoms with E-state index in [-0.39, 0.29) is 11.7 Å². The van der Waals surface area contributed by atoms with Gasteiger partial charge in [0.05, 0.1) is 7.11 Å². The van der Waals surface area contributed by atoms with Crippen molar-refractivity contribution in [3.05, 3.63) is 66.0 Å². The minimum Gasteiger partial charge on any atom is -0.497 e. The number of aromatic nitrogens is 2. The first kappa shape index (κ1) is 16.8. The standard InChI is InChI=1S/C18H14FN3O2S/c1-24-15-9-5-13(6-10-15)17-21-22-18(25-17)20-16(23)11-4-12-2-7-14(19)8-3-12/h2-11H,1H3,(H,20,22,23)/b11-4+. The number of ether oxygens (including phenoxy) is 1. The summed E-state index contributed by atoms with van der Waals surface area (Å²) < 4.78 is 17.9. The van der Waals surface area contributed by atoms with Crippen LogP contribution in [0.25, 0.3) is 16.6 Å². The number of amides is 1. The molecule has 0 saturated carbocycles. The summed E-state index contributed by atoms with van der Waals surface area (Å²) in [5.41, 5.74) is 1.62. The Labute approximate surface area is 147 Å². The summed E-state index contributed by atoms with van der Waals surface area (Å²) in [6.45, 7) is 0. The average Bonchev–Trinajstić information content (AvgIpc) is 3.10. The molecule has 0 spiro atoms. The van der Waals surface area contributed by atoms with Crippen molar-refractivity contribution in [1.82, 2.24) is 10.2 Å². The zero-order valence-electron chi connectivity index (χ0n) is 13.3. The molecule has 0 aliphatic heterocycles. The van der Waals surface area contributed by atoms with Crippen molar-refractivity contribution < 1.29 is 13.9 Å². The minimum atomic E-state index is -0.332. The van der Waals surface area contributed by atoms with Crippen molar-refractivity contribution in [2.45, 2.75) is 0 Å². The number of nitrogens with zero attached hydrogens (tertiary/aromatic N) is 2. The quantitative estimate of drug-likeness (QED) is 0.703. The van der Waals surface area contributed by atoms with Gasteiger partial charge in [-0.1, -0.05) is 23.5 Å². The second kappa shape index (κ2) is 7.67. The van der Waals surface area contributed by atoms with Gasteiger partial charge in [-0.2, -0.15) is 0 Å². The van der Waals surface area contributed by atoms with E-state index in [4.69, 9.17) is 4.74 Å². The number of hydrogen-bond donors (Lipinski definition) is 1. The summed E-state index contributed by atoms with van der Waals surface area (Å²) in [6, 6.07) is 13.3. The molecule has 1 amide bonds. The first-order valence-electron chi connectivity index (χ1n) is 7.36. The smallest absolute Gasteiger partial charge is 0.250 e. The Hall–Kier alpha value is -3.06. The van der Waals surface area contributed by atoms with Crippen LogP contribution < -0.4 is 10.1 Å². The van der Waals surface area contributed by atoms with Gasteiger partial charge < -0.3 is 4.74 Å². The third-order valence-electron chi connectivity index (χ3n) is 3.29. The van der Waals surface area contributed by atoms with Gasteiger partial charge in [0.15, 0.2) is 0 Å². The molecule has 2 aromatic carbocycles. The second-order valence-corrected chi connectivity index (χ2v) is 5.99. The highest BCUT2D eigenvalue weighted by Crippen LogP contribution is 2.27. The van der Waals surface area contributed by atoms with Crippen molar-refractivity contribution in [1.29, 1.82) is 0 Å². The van der Waals surface area contributed by atoms with Gasteiger partial charge in [0.25, 0.3) is 0 Å². The summed E-state index contributed by atoms with van der Waals surface area (Å²) in [5, 5.41) is 11.8. The predicted molar refractivity (Wildman–Crippen MR) is 96.0 cm³/mol. The number of hydrogen-bond acceptors (Lipinski definition) is 5. The third kappa shape index (κ3) is 4.48. The highest BCUT2D eigenvalue weighted by atomic mass is 32.1. The largest absolute Gasteiger partial charge is 0.497 e. The highest BCUT2D eigenvalue weighted by Gasteiger charge is 2.08. The molecule has 0 bridgehead atoms. The van der Waals surface area contributed by atoms with E-state index < -0.39 is 0 Å². The summed E-state index contributed by atoms with van der Waals surface area (Å²) in [5.74, 6) is 0.107. The fraction of sp³-hybridized carbons (Fsp3) is 0.0556. The molecule has 0 aliphatic carbocycles. The Kier molecular flexibility index (Phi) is 5.15. The summed E-state index contributed by atoms with van der Waals surface area (Å²) in [4.78, 5) is 11.9. The monoisotopic (exact) mass is 355 g/mol. The van der Waals surface area contributed by atoms with Crippen LogP contribution in [0.5, 0.6) is 5.75 Å². The van der Waals surface area contributed by atoms with Crippen LogP contribution in [0, 0.1) is 5.82 Å². The normalized spacial score (nSPS) is 10.8. The molecule has 25 heavy (non-hydrogen) atoms. The molecule has 3 aromatic rings. The second-order valence-electron chi connectivity index (χ2n) is 5.02. The number of carbonyl (C=O) groups excluding carboxylic acids is 1. The number of methoxy groups -OCH3 is 1. The van der Waals surface area contributed by atoms with Gasteiger partial charge in [-0.05, 0) is 48.0 Å². The molecule has 0 aliphatic rings. The lowest BCUT2D eigenvalue weighted by Crippen LogP contribution is -2.07. The van der Waals surface area contributed by atoms with Crippen molar-refractivity contribution >= 4 is 28.5 Å². The molecule has 1 aromatic heterocycles. The van der Waals surface area contributed by atoms with Crippen LogP contribution in [0.1, 0.15) is 5.56 Å². The SMILES string of the molecule is COc1ccc(-c2nnc(NC(=O)/C=C/c3ccc(F)cc3)s2)cc1. The van der Waals surface area contributed by atoms with E-state index in [1.54, 1.807) is 25.3 Å². The van der Waals surface area contributed by atoms with E-state index in [1.807, 2.05) is 24.3 Å². The topological polar surface area (TPSA) is 64.1 Å². The van der Waals surface area contributed by atoms with Gasteiger partial charge in [0.2, 0.25) is 11.0 Å². The number of benzene rings is 2. The lowest BCUT2D eigenvalue weighted by molar-refractivity contribution is -0.111. The first-order chi connectivity index (χ1) is 12.1. The van der Waals surface area contributed by atoms with E-state index in [2.05, 4.69) is 15.5 Å². The highest BCUT2D eigenvalue weighted by molar-refractivity contribution is 7.18. The predicted octanol–water partition coefficient (Wildman–Crippen LogP) is 4.00. The van der Waals surface area contributed by atoms with Crippen LogP contribution in [0.3, 0.4) is 0 Å². The maximum atomic E-state index is 12.8. The zero-order chi connectivity index (χ0) is 17.6. The molecular weight excluding hydrogens is 341 g/mol. The van der Waals surface area contributed by atoms with E-state index in [9.17, 15) is 9.18 Å². The molecule has 0 radical (unpaired) electrons. The number of carbonyl (C=O) groups is 1. The van der Waals surface area contributed by atoms with Crippen LogP contribution in [0.15, 0.2) is 54.6 Å². The van der Waals surface area contributed by atoms with E-state index in [0.29, 0.717) is 10.1 Å². The van der Waals surface area contributed by atoms with Gasteiger partial charge in [-0.3, -0.25) is 10.1 Å². The summed E-state index contributed by atoms with van der Waals surface area (Å²) in [6.07, 6.45) is 2.96. The van der Waals surface area contributed by atoms with E-state index in [0.717, 1.165) is 16.9 Å². The van der Waals surface area contributed by atoms with Crippen molar-refractivity contribution in [3.63, 3.8) is 0 Å². The average molecular weight is 355 g/mol. The maximum Gasteiger partial charge on any atom is 0.250 e. The number of anilines is 1. The molecule has 0 fully saturated rings. The lowest BCUT2D eigenvalue weighted by atomic mass is 10.2. The molecule has 0 unspecified atom stereocenters. The van der Waals surface area contributed by atoms with Gasteiger partial charge in [0.1, 0.15) is 16.6 Å². The maximum absolute atomic E-state index is 12.8. The Bertz CT molecular complexity index is 889. The Morgan fingerprint density at radius 3 is 2.52 bits per heavy atom. The van der Waals surface area contributed by atoms with Crippen molar-refractivity contribution in [3.8, 4) is 16.3 Å². The molecule has 1 N–H and O–H groups in total. The number of halogens is 1. The van der Waals surface area contributed by atoms with E-state index in [1.165, 1.54) is 29.5 Å². The lowest BCUT2D eigenvalue weighted by Gasteiger charge is -1.99. The van der Waals surface area contributed by atoms with Crippen LogP contribution in [0.2, 0.25) is 0 Å². The zero-order valence-corrected chi connectivity index (χ0v) is 14.1. The summed E-state index contributed by atoms with van der Waals surface area (Å²) in [7, 11) is 1.60. The van der Waals surface area contributed by atoms with Crippen LogP contribution >= 0.6 is 11.3 Å². The van der Waals surface area contributed by atoms with Crippen LogP contribution in [0.4, 0.5) is 9.52 Å². The fourth-order valence-corrected chi connectivity index (χ4v) is 2.77. The fourth-order valence-electron chi connectivity index (χ4n) is 2.02. The van der Waals surface area contributed by atoms with Crippen molar-refractivity contribution in [2.24, 2.45) is 0 Å². The van der Waals surface area contributed by atoms with Crippen LogP contribution in [-0.2, 0) is 4.79 Å². The van der Waals surface area contributed by atoms with E-state index >= 15 is 0 Å². The summed E-state index contributed by atoms with van der Waals surface area (Å²) >= 11 is 1.27. The van der Waals surface area contributed by atoms with Crippen LogP contribution in [-0.4, -0.2) is 23.2 Å². The number of rotatable bonds is 5. The molecule has 1 heterocycles. The molecule has 0 atom stereocenters. The molecule has 3 rings (SSSR count).